The normalized spacial score (nSPS) is 21.1. The summed E-state index contributed by atoms with van der Waals surface area (Å²) in [5.41, 5.74) is 0. The van der Waals surface area contributed by atoms with Crippen molar-refractivity contribution < 1.29 is 8.42 Å². The van der Waals surface area contributed by atoms with E-state index >= 15 is 0 Å². The minimum absolute atomic E-state index is 0.133. The molecule has 1 aliphatic rings. The smallest absolute Gasteiger partial charge is 0.207 e. The number of hydrogen-bond acceptors (Lipinski definition) is 2. The average molecular weight is 381 g/mol. The maximum Gasteiger partial charge on any atom is 0.243 e. The Balaban J connectivity index is 2.34. The van der Waals surface area contributed by atoms with Crippen LogP contribution in [0.5, 0.6) is 0 Å². The zero-order valence-corrected chi connectivity index (χ0v) is 14.6. The van der Waals surface area contributed by atoms with Gasteiger partial charge in [-0.1, -0.05) is 31.4 Å². The summed E-state index contributed by atoms with van der Waals surface area (Å²) in [4.78, 5) is 0.316. The van der Waals surface area contributed by atoms with Crippen LogP contribution in [0.4, 0.5) is 0 Å². The first-order valence-corrected chi connectivity index (χ1v) is 9.55. The van der Waals surface area contributed by atoms with Gasteiger partial charge in [-0.05, 0) is 53.4 Å². The van der Waals surface area contributed by atoms with Crippen molar-refractivity contribution in [1.29, 1.82) is 0 Å². The molecular weight excluding hydrogens is 362 g/mol. The molecule has 2 rings (SSSR count). The number of benzene rings is 1. The summed E-state index contributed by atoms with van der Waals surface area (Å²) in [6.45, 7) is 2.71. The van der Waals surface area contributed by atoms with E-state index < -0.39 is 10.0 Å². The monoisotopic (exact) mass is 379 g/mol. The molecule has 0 N–H and O–H groups in total. The molecule has 3 nitrogen and oxygen atoms in total. The third-order valence-electron chi connectivity index (χ3n) is 3.69. The summed E-state index contributed by atoms with van der Waals surface area (Å²) in [6.07, 6.45) is 4.94. The lowest BCUT2D eigenvalue weighted by molar-refractivity contribution is 0.239. The summed E-state index contributed by atoms with van der Waals surface area (Å²) < 4.78 is 27.9. The van der Waals surface area contributed by atoms with E-state index in [9.17, 15) is 8.42 Å². The van der Waals surface area contributed by atoms with E-state index in [1.54, 1.807) is 22.5 Å². The fourth-order valence-corrected chi connectivity index (χ4v) is 5.08. The predicted molar refractivity (Wildman–Crippen MR) is 85.6 cm³/mol. The van der Waals surface area contributed by atoms with Gasteiger partial charge in [-0.2, -0.15) is 4.31 Å². The van der Waals surface area contributed by atoms with Crippen LogP contribution in [-0.2, 0) is 10.0 Å². The Labute approximate surface area is 134 Å². The Morgan fingerprint density at radius 3 is 2.80 bits per heavy atom. The summed E-state index contributed by atoms with van der Waals surface area (Å²) in [5.74, 6) is 0. The Hall–Kier alpha value is -0.100. The summed E-state index contributed by atoms with van der Waals surface area (Å²) in [7, 11) is -3.43. The lowest BCUT2D eigenvalue weighted by Gasteiger charge is -2.34. The highest BCUT2D eigenvalue weighted by molar-refractivity contribution is 9.10. The first-order chi connectivity index (χ1) is 9.46. The van der Waals surface area contributed by atoms with Crippen molar-refractivity contribution >= 4 is 37.6 Å². The highest BCUT2D eigenvalue weighted by atomic mass is 79.9. The van der Waals surface area contributed by atoms with Gasteiger partial charge in [0.25, 0.3) is 0 Å². The Bertz CT molecular complexity index is 575. The van der Waals surface area contributed by atoms with Gasteiger partial charge in [0.2, 0.25) is 10.0 Å². The molecule has 1 aromatic carbocycles. The second-order valence-corrected chi connectivity index (χ2v) is 8.28. The molecule has 0 aromatic heterocycles. The molecule has 1 saturated heterocycles. The zero-order chi connectivity index (χ0) is 14.8. The van der Waals surface area contributed by atoms with Gasteiger partial charge in [-0.3, -0.25) is 0 Å². The summed E-state index contributed by atoms with van der Waals surface area (Å²) in [6, 6.07) is 4.93. The zero-order valence-electron chi connectivity index (χ0n) is 11.5. The molecule has 0 spiro atoms. The molecular formula is C14H19BrClNO2S. The SMILES string of the molecule is CCCC1CCCCN1S(=O)(=O)c1ccc(Cl)c(Br)c1. The van der Waals surface area contributed by atoms with Crippen LogP contribution in [0.1, 0.15) is 39.0 Å². The maximum absolute atomic E-state index is 12.8. The third-order valence-corrected chi connectivity index (χ3v) is 6.85. The highest BCUT2D eigenvalue weighted by Crippen LogP contribution is 2.31. The lowest BCUT2D eigenvalue weighted by atomic mass is 10.0. The van der Waals surface area contributed by atoms with Crippen LogP contribution in [-0.4, -0.2) is 25.3 Å². The van der Waals surface area contributed by atoms with E-state index in [4.69, 9.17) is 11.6 Å². The third kappa shape index (κ3) is 3.38. The molecule has 0 aliphatic carbocycles. The fraction of sp³-hybridized carbons (Fsp3) is 0.571. The van der Waals surface area contributed by atoms with Gasteiger partial charge in [0.15, 0.2) is 0 Å². The van der Waals surface area contributed by atoms with Crippen LogP contribution in [0, 0.1) is 0 Å². The molecule has 1 fully saturated rings. The fourth-order valence-electron chi connectivity index (χ4n) is 2.68. The first kappa shape index (κ1) is 16.3. The van der Waals surface area contributed by atoms with Crippen LogP contribution in [0.2, 0.25) is 5.02 Å². The van der Waals surface area contributed by atoms with Gasteiger partial charge < -0.3 is 0 Å². The molecule has 20 heavy (non-hydrogen) atoms. The van der Waals surface area contributed by atoms with Crippen LogP contribution >= 0.6 is 27.5 Å². The summed E-state index contributed by atoms with van der Waals surface area (Å²) >= 11 is 9.23. The second-order valence-electron chi connectivity index (χ2n) is 5.13. The largest absolute Gasteiger partial charge is 0.243 e. The molecule has 1 heterocycles. The van der Waals surface area contributed by atoms with Crippen molar-refractivity contribution in [3.8, 4) is 0 Å². The van der Waals surface area contributed by atoms with E-state index in [2.05, 4.69) is 22.9 Å². The molecule has 1 aromatic rings. The van der Waals surface area contributed by atoms with Gasteiger partial charge in [-0.15, -0.1) is 0 Å². The Morgan fingerprint density at radius 1 is 1.40 bits per heavy atom. The second kappa shape index (κ2) is 6.77. The molecule has 0 radical (unpaired) electrons. The highest BCUT2D eigenvalue weighted by Gasteiger charge is 2.33. The first-order valence-electron chi connectivity index (χ1n) is 6.93. The molecule has 6 heteroatoms. The number of rotatable bonds is 4. The van der Waals surface area contributed by atoms with E-state index in [0.717, 1.165) is 32.1 Å². The van der Waals surface area contributed by atoms with Crippen LogP contribution in [0.25, 0.3) is 0 Å². The van der Waals surface area contributed by atoms with Gasteiger partial charge in [-0.25, -0.2) is 8.42 Å². The average Bonchev–Trinajstić information content (AvgIpc) is 2.42. The van der Waals surface area contributed by atoms with E-state index in [1.807, 2.05) is 0 Å². The van der Waals surface area contributed by atoms with Crippen LogP contribution < -0.4 is 0 Å². The molecule has 0 amide bonds. The van der Waals surface area contributed by atoms with E-state index in [-0.39, 0.29) is 6.04 Å². The van der Waals surface area contributed by atoms with Crippen LogP contribution in [0.3, 0.4) is 0 Å². The van der Waals surface area contributed by atoms with Gasteiger partial charge in [0.1, 0.15) is 0 Å². The van der Waals surface area contributed by atoms with Gasteiger partial charge >= 0.3 is 0 Å². The van der Waals surface area contributed by atoms with Crippen molar-refractivity contribution in [2.24, 2.45) is 0 Å². The predicted octanol–water partition coefficient (Wildman–Crippen LogP) is 4.45. The van der Waals surface area contributed by atoms with Crippen molar-refractivity contribution in [1.82, 2.24) is 4.31 Å². The van der Waals surface area contributed by atoms with Crippen molar-refractivity contribution in [2.75, 3.05) is 6.54 Å². The number of sulfonamides is 1. The van der Waals surface area contributed by atoms with Gasteiger partial charge in [0.05, 0.1) is 9.92 Å². The molecule has 112 valence electrons. The summed E-state index contributed by atoms with van der Waals surface area (Å²) in [5, 5.41) is 0.521. The minimum Gasteiger partial charge on any atom is -0.207 e. The van der Waals surface area contributed by atoms with E-state index in [1.165, 1.54) is 0 Å². The van der Waals surface area contributed by atoms with Crippen molar-refractivity contribution in [2.45, 2.75) is 50.0 Å². The van der Waals surface area contributed by atoms with E-state index in [0.29, 0.717) is 20.9 Å². The Kier molecular flexibility index (Phi) is 5.51. The van der Waals surface area contributed by atoms with Crippen molar-refractivity contribution in [3.05, 3.63) is 27.7 Å². The standard InChI is InChI=1S/C14H19BrClNO2S/c1-2-5-11-6-3-4-9-17(11)20(18,19)12-7-8-14(16)13(15)10-12/h7-8,10-11H,2-6,9H2,1H3. The maximum atomic E-state index is 12.8. The Morgan fingerprint density at radius 2 is 2.15 bits per heavy atom. The molecule has 0 saturated carbocycles. The molecule has 0 bridgehead atoms. The number of piperidine rings is 1. The molecule has 1 unspecified atom stereocenters. The quantitative estimate of drug-likeness (QED) is 0.774. The van der Waals surface area contributed by atoms with Crippen molar-refractivity contribution in [3.63, 3.8) is 0 Å². The lowest BCUT2D eigenvalue weighted by Crippen LogP contribution is -2.43. The van der Waals surface area contributed by atoms with Gasteiger partial charge in [0, 0.05) is 17.1 Å². The number of halogens is 2. The van der Waals surface area contributed by atoms with Crippen LogP contribution in [0.15, 0.2) is 27.6 Å². The molecule has 1 aliphatic heterocycles. The number of hydrogen-bond donors (Lipinski definition) is 0. The molecule has 1 atom stereocenters. The topological polar surface area (TPSA) is 37.4 Å². The number of nitrogens with zero attached hydrogens (tertiary/aromatic N) is 1. The minimum atomic E-state index is -3.43.